The highest BCUT2D eigenvalue weighted by molar-refractivity contribution is 9.10. The Kier molecular flexibility index (Phi) is 5.11. The summed E-state index contributed by atoms with van der Waals surface area (Å²) in [6, 6.07) is 7.01. The molecule has 0 aliphatic rings. The van der Waals surface area contributed by atoms with Crippen LogP contribution in [-0.2, 0) is 0 Å². The van der Waals surface area contributed by atoms with Crippen LogP contribution >= 0.6 is 15.9 Å². The molecule has 0 saturated carbocycles. The number of benzene rings is 1. The number of aliphatic hydroxyl groups excluding tert-OH is 2. The molecule has 1 aromatic rings. The summed E-state index contributed by atoms with van der Waals surface area (Å²) in [5.41, 5.74) is -0.487. The van der Waals surface area contributed by atoms with E-state index in [-0.39, 0.29) is 19.1 Å². The van der Waals surface area contributed by atoms with Crippen LogP contribution in [-0.4, -0.2) is 34.9 Å². The van der Waals surface area contributed by atoms with Gasteiger partial charge >= 0.3 is 0 Å². The molecule has 0 aliphatic heterocycles. The highest BCUT2D eigenvalue weighted by Gasteiger charge is 2.29. The van der Waals surface area contributed by atoms with E-state index in [0.29, 0.717) is 16.5 Å². The number of nitrogens with one attached hydrogen (secondary N) is 1. The molecule has 1 amide bonds. The molecule has 0 aliphatic carbocycles. The minimum Gasteiger partial charge on any atom is -0.394 e. The van der Waals surface area contributed by atoms with Gasteiger partial charge in [-0.05, 0) is 34.5 Å². The summed E-state index contributed by atoms with van der Waals surface area (Å²) >= 11 is 3.28. The largest absolute Gasteiger partial charge is 0.394 e. The second-order valence-electron chi connectivity index (χ2n) is 3.88. The van der Waals surface area contributed by atoms with Crippen LogP contribution in [0.1, 0.15) is 23.7 Å². The van der Waals surface area contributed by atoms with E-state index in [1.807, 2.05) is 6.07 Å². The molecule has 0 unspecified atom stereocenters. The molecular formula is C12H16BrNO3. The van der Waals surface area contributed by atoms with Gasteiger partial charge in [-0.3, -0.25) is 4.79 Å². The van der Waals surface area contributed by atoms with Gasteiger partial charge in [-0.2, -0.15) is 0 Å². The third kappa shape index (κ3) is 3.28. The lowest BCUT2D eigenvalue weighted by molar-refractivity contribution is 0.0652. The molecule has 0 radical (unpaired) electrons. The first kappa shape index (κ1) is 14.2. The first-order chi connectivity index (χ1) is 8.08. The number of halogens is 1. The maximum Gasteiger partial charge on any atom is 0.253 e. The van der Waals surface area contributed by atoms with Crippen LogP contribution < -0.4 is 5.32 Å². The monoisotopic (exact) mass is 301 g/mol. The summed E-state index contributed by atoms with van der Waals surface area (Å²) < 4.78 is 0.679. The topological polar surface area (TPSA) is 69.6 Å². The lowest BCUT2D eigenvalue weighted by atomic mass is 9.98. The van der Waals surface area contributed by atoms with Crippen LogP contribution in [0, 0.1) is 0 Å². The fraction of sp³-hybridized carbons (Fsp3) is 0.417. The molecule has 1 rings (SSSR count). The number of carbonyl (C=O) groups is 1. The summed E-state index contributed by atoms with van der Waals surface area (Å²) in [5.74, 6) is -0.317. The average molecular weight is 302 g/mol. The number of aliphatic hydroxyl groups is 2. The van der Waals surface area contributed by atoms with Crippen molar-refractivity contribution in [1.82, 2.24) is 5.32 Å². The van der Waals surface area contributed by atoms with Crippen molar-refractivity contribution >= 4 is 21.8 Å². The Morgan fingerprint density at radius 2 is 1.94 bits per heavy atom. The summed E-state index contributed by atoms with van der Waals surface area (Å²) in [6.07, 6.45) is 0.455. The van der Waals surface area contributed by atoms with Crippen LogP contribution in [0.25, 0.3) is 0 Å². The van der Waals surface area contributed by atoms with Crippen molar-refractivity contribution in [3.05, 3.63) is 34.3 Å². The van der Waals surface area contributed by atoms with Gasteiger partial charge < -0.3 is 15.5 Å². The molecule has 0 bridgehead atoms. The Labute approximate surface area is 109 Å². The zero-order valence-corrected chi connectivity index (χ0v) is 11.2. The summed E-state index contributed by atoms with van der Waals surface area (Å²) in [4.78, 5) is 12.0. The smallest absolute Gasteiger partial charge is 0.253 e. The van der Waals surface area contributed by atoms with Crippen LogP contribution in [0.15, 0.2) is 28.7 Å². The number of amides is 1. The van der Waals surface area contributed by atoms with E-state index in [4.69, 9.17) is 0 Å². The molecule has 0 fully saturated rings. The van der Waals surface area contributed by atoms with Crippen molar-refractivity contribution in [2.45, 2.75) is 18.9 Å². The Balaban J connectivity index is 2.89. The summed E-state index contributed by atoms with van der Waals surface area (Å²) in [6.45, 7) is 1.21. The lowest BCUT2D eigenvalue weighted by Gasteiger charge is -2.29. The van der Waals surface area contributed by atoms with Gasteiger partial charge in [-0.1, -0.05) is 19.1 Å². The zero-order valence-electron chi connectivity index (χ0n) is 9.61. The normalized spacial score (nSPS) is 11.3. The lowest BCUT2D eigenvalue weighted by Crippen LogP contribution is -2.53. The average Bonchev–Trinajstić information content (AvgIpc) is 2.36. The fourth-order valence-corrected chi connectivity index (χ4v) is 1.86. The Morgan fingerprint density at radius 3 is 2.41 bits per heavy atom. The number of hydrogen-bond donors (Lipinski definition) is 3. The van der Waals surface area contributed by atoms with Crippen molar-refractivity contribution in [3.63, 3.8) is 0 Å². The minimum atomic E-state index is -0.966. The quantitative estimate of drug-likeness (QED) is 0.768. The Bertz CT molecular complexity index is 383. The molecule has 0 atom stereocenters. The van der Waals surface area contributed by atoms with Crippen molar-refractivity contribution in [1.29, 1.82) is 0 Å². The SMILES string of the molecule is CCC(CO)(CO)NC(=O)c1ccccc1Br. The van der Waals surface area contributed by atoms with Gasteiger partial charge in [0, 0.05) is 4.47 Å². The zero-order chi connectivity index (χ0) is 12.9. The van der Waals surface area contributed by atoms with Gasteiger partial charge in [0.2, 0.25) is 0 Å². The Hall–Kier alpha value is -0.910. The van der Waals surface area contributed by atoms with Crippen LogP contribution in [0.5, 0.6) is 0 Å². The van der Waals surface area contributed by atoms with E-state index in [0.717, 1.165) is 0 Å². The molecule has 0 aromatic heterocycles. The predicted octanol–water partition coefficient (Wildman–Crippen LogP) is 1.31. The van der Waals surface area contributed by atoms with Crippen molar-refractivity contribution in [2.75, 3.05) is 13.2 Å². The van der Waals surface area contributed by atoms with Crippen molar-refractivity contribution in [2.24, 2.45) is 0 Å². The van der Waals surface area contributed by atoms with Gasteiger partial charge in [0.05, 0.1) is 24.3 Å². The maximum absolute atomic E-state index is 12.0. The maximum atomic E-state index is 12.0. The molecular weight excluding hydrogens is 286 g/mol. The minimum absolute atomic E-state index is 0.295. The van der Waals surface area contributed by atoms with Gasteiger partial charge in [-0.25, -0.2) is 0 Å². The van der Waals surface area contributed by atoms with Crippen molar-refractivity contribution in [3.8, 4) is 0 Å². The van der Waals surface area contributed by atoms with Crippen molar-refractivity contribution < 1.29 is 15.0 Å². The van der Waals surface area contributed by atoms with E-state index in [1.165, 1.54) is 0 Å². The molecule has 1 aromatic carbocycles. The second kappa shape index (κ2) is 6.14. The van der Waals surface area contributed by atoms with Gasteiger partial charge in [-0.15, -0.1) is 0 Å². The van der Waals surface area contributed by atoms with Crippen LogP contribution in [0.2, 0.25) is 0 Å². The number of carbonyl (C=O) groups excluding carboxylic acids is 1. The summed E-state index contributed by atoms with van der Waals surface area (Å²) in [5, 5.41) is 21.2. The predicted molar refractivity (Wildman–Crippen MR) is 68.8 cm³/mol. The highest BCUT2D eigenvalue weighted by Crippen LogP contribution is 2.17. The van der Waals surface area contributed by atoms with E-state index in [1.54, 1.807) is 25.1 Å². The number of rotatable bonds is 5. The third-order valence-electron chi connectivity index (χ3n) is 2.78. The second-order valence-corrected chi connectivity index (χ2v) is 4.74. The van der Waals surface area contributed by atoms with Gasteiger partial charge in [0.15, 0.2) is 0 Å². The van der Waals surface area contributed by atoms with Crippen LogP contribution in [0.4, 0.5) is 0 Å². The van der Waals surface area contributed by atoms with Crippen LogP contribution in [0.3, 0.4) is 0 Å². The fourth-order valence-electron chi connectivity index (χ4n) is 1.39. The Morgan fingerprint density at radius 1 is 1.35 bits per heavy atom. The molecule has 4 nitrogen and oxygen atoms in total. The standard InChI is InChI=1S/C12H16BrNO3/c1-2-12(7-15,8-16)14-11(17)9-5-3-4-6-10(9)13/h3-6,15-16H,2,7-8H2,1H3,(H,14,17). The molecule has 0 heterocycles. The first-order valence-corrected chi connectivity index (χ1v) is 6.16. The molecule has 17 heavy (non-hydrogen) atoms. The van der Waals surface area contributed by atoms with E-state index in [9.17, 15) is 15.0 Å². The van der Waals surface area contributed by atoms with E-state index in [2.05, 4.69) is 21.2 Å². The summed E-state index contributed by atoms with van der Waals surface area (Å²) in [7, 11) is 0. The van der Waals surface area contributed by atoms with Gasteiger partial charge in [0.1, 0.15) is 0 Å². The first-order valence-electron chi connectivity index (χ1n) is 5.37. The molecule has 3 N–H and O–H groups in total. The van der Waals surface area contributed by atoms with Gasteiger partial charge in [0.25, 0.3) is 5.91 Å². The molecule has 0 spiro atoms. The highest BCUT2D eigenvalue weighted by atomic mass is 79.9. The van der Waals surface area contributed by atoms with E-state index >= 15 is 0 Å². The number of hydrogen-bond acceptors (Lipinski definition) is 3. The molecule has 0 saturated heterocycles. The molecule has 5 heteroatoms. The molecule has 94 valence electrons. The van der Waals surface area contributed by atoms with E-state index < -0.39 is 5.54 Å². The third-order valence-corrected chi connectivity index (χ3v) is 3.47.